The Morgan fingerprint density at radius 2 is 2.04 bits per heavy atom. The molecule has 0 saturated carbocycles. The minimum absolute atomic E-state index is 0.0248. The van der Waals surface area contributed by atoms with Crippen molar-refractivity contribution in [2.24, 2.45) is 5.41 Å². The largest absolute Gasteiger partial charge is 0.466 e. The van der Waals surface area contributed by atoms with Crippen molar-refractivity contribution in [2.45, 2.75) is 51.6 Å². The first-order chi connectivity index (χ1) is 13.6. The molecule has 6 nitrogen and oxygen atoms in total. The number of likely N-dealkylation sites (tertiary alicyclic amines) is 1. The molecule has 0 N–H and O–H groups in total. The third kappa shape index (κ3) is 5.19. The van der Waals surface area contributed by atoms with Gasteiger partial charge in [0, 0.05) is 38.2 Å². The third-order valence-electron chi connectivity index (χ3n) is 5.76. The minimum Gasteiger partial charge on any atom is -0.466 e. The molecule has 1 atom stereocenters. The van der Waals surface area contributed by atoms with Crippen LogP contribution in [0.25, 0.3) is 6.08 Å². The van der Waals surface area contributed by atoms with Crippen LogP contribution in [0.2, 0.25) is 0 Å². The zero-order chi connectivity index (χ0) is 19.8. The van der Waals surface area contributed by atoms with Crippen LogP contribution in [-0.4, -0.2) is 54.2 Å². The molecule has 2 aliphatic rings. The number of hydrogen-bond acceptors (Lipinski definition) is 5. The molecule has 2 aliphatic heterocycles. The second-order valence-electron chi connectivity index (χ2n) is 7.63. The molecule has 0 radical (unpaired) electrons. The lowest BCUT2D eigenvalue weighted by atomic mass is 9.73. The third-order valence-corrected chi connectivity index (χ3v) is 5.76. The predicted molar refractivity (Wildman–Crippen MR) is 106 cm³/mol. The summed E-state index contributed by atoms with van der Waals surface area (Å²) in [5.74, 6) is -0.160. The number of carbonyl (C=O) groups excluding carboxylic acids is 2. The lowest BCUT2D eigenvalue weighted by molar-refractivity contribution is -0.163. The lowest BCUT2D eigenvalue weighted by Gasteiger charge is -2.41. The fourth-order valence-corrected chi connectivity index (χ4v) is 4.08. The molecule has 1 aromatic heterocycles. The molecular formula is C22H30N2O4. The first-order valence-electron chi connectivity index (χ1n) is 10.3. The second kappa shape index (κ2) is 9.82. The Morgan fingerprint density at radius 1 is 1.29 bits per heavy atom. The number of pyridine rings is 1. The molecule has 0 aliphatic carbocycles. The number of ether oxygens (including phenoxy) is 2. The molecule has 1 aromatic rings. The fraction of sp³-hybridized carbons (Fsp3) is 0.591. The summed E-state index contributed by atoms with van der Waals surface area (Å²) in [6.45, 7) is 4.11. The molecule has 0 bridgehead atoms. The Hall–Kier alpha value is -2.21. The van der Waals surface area contributed by atoms with Crippen LogP contribution in [0.4, 0.5) is 0 Å². The molecule has 2 fully saturated rings. The van der Waals surface area contributed by atoms with E-state index < -0.39 is 5.41 Å². The van der Waals surface area contributed by atoms with Gasteiger partial charge in [0.15, 0.2) is 0 Å². The SMILES string of the molecule is CCOC(=O)C1(CC2CCCCO2)CCN(C(=O)C=Cc2ccncc2)CC1. The van der Waals surface area contributed by atoms with Gasteiger partial charge in [-0.05, 0) is 69.2 Å². The quantitative estimate of drug-likeness (QED) is 0.555. The highest BCUT2D eigenvalue weighted by molar-refractivity contribution is 5.92. The van der Waals surface area contributed by atoms with E-state index in [1.807, 2.05) is 24.0 Å². The van der Waals surface area contributed by atoms with E-state index in [0.29, 0.717) is 39.0 Å². The van der Waals surface area contributed by atoms with Crippen LogP contribution in [0.15, 0.2) is 30.6 Å². The van der Waals surface area contributed by atoms with Gasteiger partial charge in [-0.3, -0.25) is 14.6 Å². The molecule has 152 valence electrons. The van der Waals surface area contributed by atoms with Gasteiger partial charge in [-0.25, -0.2) is 0 Å². The fourth-order valence-electron chi connectivity index (χ4n) is 4.08. The van der Waals surface area contributed by atoms with Crippen molar-refractivity contribution in [1.82, 2.24) is 9.88 Å². The average molecular weight is 386 g/mol. The smallest absolute Gasteiger partial charge is 0.312 e. The lowest BCUT2D eigenvalue weighted by Crippen LogP contribution is -2.48. The number of aromatic nitrogens is 1. The number of amides is 1. The monoisotopic (exact) mass is 386 g/mol. The molecule has 28 heavy (non-hydrogen) atoms. The van der Waals surface area contributed by atoms with Gasteiger partial charge in [0.25, 0.3) is 0 Å². The van der Waals surface area contributed by atoms with Gasteiger partial charge in [0.2, 0.25) is 5.91 Å². The normalized spacial score (nSPS) is 22.2. The number of carbonyl (C=O) groups is 2. The first-order valence-corrected chi connectivity index (χ1v) is 10.3. The van der Waals surface area contributed by atoms with E-state index in [4.69, 9.17) is 9.47 Å². The summed E-state index contributed by atoms with van der Waals surface area (Å²) in [5, 5.41) is 0. The summed E-state index contributed by atoms with van der Waals surface area (Å²) >= 11 is 0. The van der Waals surface area contributed by atoms with Crippen molar-refractivity contribution >= 4 is 18.0 Å². The van der Waals surface area contributed by atoms with Crippen molar-refractivity contribution in [3.8, 4) is 0 Å². The molecule has 6 heteroatoms. The first kappa shape index (κ1) is 20.5. The molecular weight excluding hydrogens is 356 g/mol. The van der Waals surface area contributed by atoms with E-state index in [2.05, 4.69) is 4.98 Å². The maximum absolute atomic E-state index is 12.8. The van der Waals surface area contributed by atoms with Crippen molar-refractivity contribution in [2.75, 3.05) is 26.3 Å². The van der Waals surface area contributed by atoms with Crippen LogP contribution in [0.5, 0.6) is 0 Å². The highest BCUT2D eigenvalue weighted by Crippen LogP contribution is 2.40. The van der Waals surface area contributed by atoms with Crippen molar-refractivity contribution in [1.29, 1.82) is 0 Å². The van der Waals surface area contributed by atoms with Gasteiger partial charge < -0.3 is 14.4 Å². The topological polar surface area (TPSA) is 68.7 Å². The molecule has 3 rings (SSSR count). The predicted octanol–water partition coefficient (Wildman–Crippen LogP) is 3.23. The highest BCUT2D eigenvalue weighted by Gasteiger charge is 2.45. The van der Waals surface area contributed by atoms with Gasteiger partial charge >= 0.3 is 5.97 Å². The number of esters is 1. The summed E-state index contributed by atoms with van der Waals surface area (Å²) in [5.41, 5.74) is 0.402. The van der Waals surface area contributed by atoms with Gasteiger partial charge in [-0.1, -0.05) is 0 Å². The summed E-state index contributed by atoms with van der Waals surface area (Å²) < 4.78 is 11.3. The maximum atomic E-state index is 12.8. The Morgan fingerprint density at radius 3 is 2.68 bits per heavy atom. The van der Waals surface area contributed by atoms with Gasteiger partial charge in [0.05, 0.1) is 18.1 Å². The Bertz CT molecular complexity index is 675. The summed E-state index contributed by atoms with van der Waals surface area (Å²) in [7, 11) is 0. The van der Waals surface area contributed by atoms with Crippen LogP contribution in [-0.2, 0) is 19.1 Å². The number of hydrogen-bond donors (Lipinski definition) is 0. The van der Waals surface area contributed by atoms with Gasteiger partial charge in [0.1, 0.15) is 0 Å². The van der Waals surface area contributed by atoms with Crippen molar-refractivity contribution < 1.29 is 19.1 Å². The van der Waals surface area contributed by atoms with E-state index in [1.54, 1.807) is 24.5 Å². The van der Waals surface area contributed by atoms with E-state index in [-0.39, 0.29) is 18.0 Å². The Labute approximate surface area is 166 Å². The van der Waals surface area contributed by atoms with Gasteiger partial charge in [-0.2, -0.15) is 0 Å². The van der Waals surface area contributed by atoms with Crippen LogP contribution in [0.1, 0.15) is 51.0 Å². The molecule has 3 heterocycles. The van der Waals surface area contributed by atoms with Crippen LogP contribution in [0.3, 0.4) is 0 Å². The van der Waals surface area contributed by atoms with Crippen molar-refractivity contribution in [3.63, 3.8) is 0 Å². The Kier molecular flexibility index (Phi) is 7.20. The molecule has 1 unspecified atom stereocenters. The van der Waals surface area contributed by atoms with Crippen molar-refractivity contribution in [3.05, 3.63) is 36.2 Å². The zero-order valence-electron chi connectivity index (χ0n) is 16.6. The van der Waals surface area contributed by atoms with E-state index >= 15 is 0 Å². The summed E-state index contributed by atoms with van der Waals surface area (Å²) in [6.07, 6.45) is 12.1. The molecule has 2 saturated heterocycles. The van der Waals surface area contributed by atoms with Crippen LogP contribution < -0.4 is 0 Å². The summed E-state index contributed by atoms with van der Waals surface area (Å²) in [6, 6.07) is 3.71. The summed E-state index contributed by atoms with van der Waals surface area (Å²) in [4.78, 5) is 31.1. The van der Waals surface area contributed by atoms with E-state index in [1.165, 1.54) is 0 Å². The van der Waals surface area contributed by atoms with E-state index in [0.717, 1.165) is 31.4 Å². The second-order valence-corrected chi connectivity index (χ2v) is 7.63. The Balaban J connectivity index is 1.62. The molecule has 0 aromatic carbocycles. The molecule has 1 amide bonds. The zero-order valence-corrected chi connectivity index (χ0v) is 16.6. The highest BCUT2D eigenvalue weighted by atomic mass is 16.5. The van der Waals surface area contributed by atoms with Crippen LogP contribution >= 0.6 is 0 Å². The number of piperidine rings is 1. The van der Waals surface area contributed by atoms with Gasteiger partial charge in [-0.15, -0.1) is 0 Å². The molecule has 0 spiro atoms. The van der Waals surface area contributed by atoms with E-state index in [9.17, 15) is 9.59 Å². The standard InChI is InChI=1S/C22H30N2O4/c1-2-27-21(26)22(17-19-5-3-4-16-28-19)10-14-24(15-11-22)20(25)7-6-18-8-12-23-13-9-18/h6-9,12-13,19H,2-5,10-11,14-17H2,1H3. The maximum Gasteiger partial charge on any atom is 0.312 e. The number of rotatable bonds is 6. The number of nitrogens with zero attached hydrogens (tertiary/aromatic N) is 2. The average Bonchev–Trinajstić information content (AvgIpc) is 2.74. The van der Waals surface area contributed by atoms with Crippen LogP contribution in [0, 0.1) is 5.41 Å². The minimum atomic E-state index is -0.538.